The molecular formula is C17H18N2O5. The molecule has 24 heavy (non-hydrogen) atoms. The minimum Gasteiger partial charge on any atom is -0.493 e. The van der Waals surface area contributed by atoms with E-state index >= 15 is 0 Å². The summed E-state index contributed by atoms with van der Waals surface area (Å²) in [5, 5.41) is 20.6. The van der Waals surface area contributed by atoms with Gasteiger partial charge in [0.15, 0.2) is 0 Å². The van der Waals surface area contributed by atoms with Crippen LogP contribution in [0.25, 0.3) is 0 Å². The topological polar surface area (TPSA) is 94.7 Å². The van der Waals surface area contributed by atoms with E-state index in [4.69, 9.17) is 9.47 Å². The van der Waals surface area contributed by atoms with Crippen molar-refractivity contribution in [1.29, 1.82) is 0 Å². The lowest BCUT2D eigenvalue weighted by Gasteiger charge is -2.42. The number of aromatic hydroxyl groups is 1. The van der Waals surface area contributed by atoms with Crippen LogP contribution in [0.3, 0.4) is 0 Å². The molecule has 0 amide bonds. The van der Waals surface area contributed by atoms with Crippen molar-refractivity contribution < 1.29 is 19.5 Å². The molecule has 126 valence electrons. The van der Waals surface area contributed by atoms with Gasteiger partial charge in [-0.1, -0.05) is 6.92 Å². The number of nitrogens with zero attached hydrogens (tertiary/aromatic N) is 2. The predicted molar refractivity (Wildman–Crippen MR) is 86.2 cm³/mol. The maximum absolute atomic E-state index is 11.1. The first-order valence-corrected chi connectivity index (χ1v) is 7.57. The lowest BCUT2D eigenvalue weighted by molar-refractivity contribution is -0.385. The average molecular weight is 330 g/mol. The Morgan fingerprint density at radius 3 is 2.75 bits per heavy atom. The van der Waals surface area contributed by atoms with Crippen molar-refractivity contribution in [3.63, 3.8) is 0 Å². The van der Waals surface area contributed by atoms with Crippen LogP contribution < -0.4 is 9.47 Å². The Labute approximate surface area is 139 Å². The maximum atomic E-state index is 11.1. The van der Waals surface area contributed by atoms with Gasteiger partial charge in [-0.15, -0.1) is 0 Å². The van der Waals surface area contributed by atoms with Crippen LogP contribution >= 0.6 is 0 Å². The summed E-state index contributed by atoms with van der Waals surface area (Å²) in [6.07, 6.45) is 0.985. The number of fused-ring (bicyclic) bond motifs is 1. The Hall–Kier alpha value is -2.83. The van der Waals surface area contributed by atoms with Crippen LogP contribution in [0.15, 0.2) is 36.5 Å². The van der Waals surface area contributed by atoms with Gasteiger partial charge in [0.05, 0.1) is 4.92 Å². The van der Waals surface area contributed by atoms with E-state index in [9.17, 15) is 15.2 Å². The predicted octanol–water partition coefficient (Wildman–Crippen LogP) is 3.62. The Bertz CT molecular complexity index is 790. The Balaban J connectivity index is 2.06. The number of hydrogen-bond donors (Lipinski definition) is 1. The van der Waals surface area contributed by atoms with Crippen LogP contribution in [0.5, 0.6) is 17.4 Å². The van der Waals surface area contributed by atoms with Gasteiger partial charge in [-0.2, -0.15) is 0 Å². The van der Waals surface area contributed by atoms with Crippen LogP contribution in [-0.2, 0) is 0 Å². The third-order valence-corrected chi connectivity index (χ3v) is 4.41. The zero-order valence-corrected chi connectivity index (χ0v) is 13.6. The minimum atomic E-state index is -0.511. The van der Waals surface area contributed by atoms with Gasteiger partial charge in [0.25, 0.3) is 5.69 Å². The van der Waals surface area contributed by atoms with Crippen molar-refractivity contribution in [2.45, 2.75) is 32.5 Å². The van der Waals surface area contributed by atoms with E-state index in [1.54, 1.807) is 12.1 Å². The second-order valence-corrected chi connectivity index (χ2v) is 6.36. The Kier molecular flexibility index (Phi) is 3.79. The highest BCUT2D eigenvalue weighted by Crippen LogP contribution is 2.46. The largest absolute Gasteiger partial charge is 0.493 e. The third kappa shape index (κ3) is 2.84. The van der Waals surface area contributed by atoms with Crippen molar-refractivity contribution in [2.24, 2.45) is 5.92 Å². The molecule has 0 radical (unpaired) electrons. The third-order valence-electron chi connectivity index (χ3n) is 4.41. The molecule has 1 N–H and O–H groups in total. The summed E-state index contributed by atoms with van der Waals surface area (Å²) < 4.78 is 12.0. The van der Waals surface area contributed by atoms with E-state index in [2.05, 4.69) is 4.98 Å². The lowest BCUT2D eigenvalue weighted by Crippen LogP contribution is -2.44. The van der Waals surface area contributed by atoms with Crippen molar-refractivity contribution >= 4 is 5.69 Å². The van der Waals surface area contributed by atoms with E-state index in [1.165, 1.54) is 24.4 Å². The minimum absolute atomic E-state index is 0.0181. The Morgan fingerprint density at radius 2 is 2.08 bits per heavy atom. The van der Waals surface area contributed by atoms with Gasteiger partial charge in [0, 0.05) is 35.9 Å². The summed E-state index contributed by atoms with van der Waals surface area (Å²) in [6, 6.07) is 7.53. The van der Waals surface area contributed by atoms with Gasteiger partial charge in [0.1, 0.15) is 23.2 Å². The summed E-state index contributed by atoms with van der Waals surface area (Å²) in [4.78, 5) is 14.4. The number of rotatable bonds is 3. The van der Waals surface area contributed by atoms with E-state index in [0.29, 0.717) is 17.1 Å². The molecule has 2 heterocycles. The van der Waals surface area contributed by atoms with Crippen molar-refractivity contribution in [1.82, 2.24) is 4.98 Å². The fourth-order valence-corrected chi connectivity index (χ4v) is 2.76. The number of aromatic nitrogens is 1. The normalized spacial score (nSPS) is 21.5. The number of nitro groups is 1. The van der Waals surface area contributed by atoms with Gasteiger partial charge in [-0.05, 0) is 26.0 Å². The SMILES string of the molecule is CC1C(Oc2ccnc(O)c2)c2cc([N+](=O)[O-])ccc2OC1(C)C. The fraction of sp³-hybridized carbons (Fsp3) is 0.353. The number of benzene rings is 1. The highest BCUT2D eigenvalue weighted by Gasteiger charge is 2.43. The molecule has 1 aliphatic rings. The van der Waals surface area contributed by atoms with E-state index in [-0.39, 0.29) is 17.5 Å². The molecule has 1 aromatic heterocycles. The van der Waals surface area contributed by atoms with Gasteiger partial charge in [-0.25, -0.2) is 4.98 Å². The Morgan fingerprint density at radius 1 is 1.33 bits per heavy atom. The molecule has 0 spiro atoms. The molecule has 0 fully saturated rings. The molecule has 7 nitrogen and oxygen atoms in total. The fourth-order valence-electron chi connectivity index (χ4n) is 2.76. The van der Waals surface area contributed by atoms with E-state index < -0.39 is 16.6 Å². The van der Waals surface area contributed by atoms with Gasteiger partial charge >= 0.3 is 0 Å². The molecule has 2 unspecified atom stereocenters. The van der Waals surface area contributed by atoms with Crippen LogP contribution in [0.1, 0.15) is 32.4 Å². The summed E-state index contributed by atoms with van der Waals surface area (Å²) in [6.45, 7) is 5.86. The van der Waals surface area contributed by atoms with Crippen LogP contribution in [0, 0.1) is 16.0 Å². The first kappa shape index (κ1) is 16.0. The zero-order chi connectivity index (χ0) is 17.5. The molecule has 7 heteroatoms. The number of nitro benzene ring substituents is 1. The lowest BCUT2D eigenvalue weighted by atomic mass is 9.81. The molecule has 0 saturated carbocycles. The molecular weight excluding hydrogens is 312 g/mol. The summed E-state index contributed by atoms with van der Waals surface area (Å²) in [5.41, 5.74) is 0.0887. The quantitative estimate of drug-likeness (QED) is 0.682. The van der Waals surface area contributed by atoms with E-state index in [0.717, 1.165) is 0 Å². The van der Waals surface area contributed by atoms with Crippen LogP contribution in [-0.4, -0.2) is 20.6 Å². The van der Waals surface area contributed by atoms with Crippen LogP contribution in [0.2, 0.25) is 0 Å². The highest BCUT2D eigenvalue weighted by molar-refractivity contribution is 5.47. The molecule has 1 aliphatic heterocycles. The van der Waals surface area contributed by atoms with Gasteiger partial charge in [-0.3, -0.25) is 10.1 Å². The maximum Gasteiger partial charge on any atom is 0.270 e. The van der Waals surface area contributed by atoms with Crippen molar-refractivity contribution in [3.05, 3.63) is 52.2 Å². The molecule has 2 aromatic rings. The smallest absolute Gasteiger partial charge is 0.270 e. The van der Waals surface area contributed by atoms with Crippen LogP contribution in [0.4, 0.5) is 5.69 Å². The average Bonchev–Trinajstić information content (AvgIpc) is 2.51. The van der Waals surface area contributed by atoms with Crippen molar-refractivity contribution in [3.8, 4) is 17.4 Å². The highest BCUT2D eigenvalue weighted by atomic mass is 16.6. The number of hydrogen-bond acceptors (Lipinski definition) is 6. The molecule has 1 aromatic carbocycles. The zero-order valence-electron chi connectivity index (χ0n) is 13.6. The molecule has 0 saturated heterocycles. The molecule has 2 atom stereocenters. The first-order chi connectivity index (χ1) is 11.3. The molecule has 0 aliphatic carbocycles. The van der Waals surface area contributed by atoms with Crippen molar-refractivity contribution in [2.75, 3.05) is 0 Å². The summed E-state index contributed by atoms with van der Waals surface area (Å²) in [7, 11) is 0. The first-order valence-electron chi connectivity index (χ1n) is 7.57. The second-order valence-electron chi connectivity index (χ2n) is 6.36. The standard InChI is InChI=1S/C17H18N2O5/c1-10-16(23-12-6-7-18-15(20)9-12)13-8-11(19(21)22)4-5-14(13)24-17(10,2)3/h4-10,16H,1-3H3,(H,18,20). The van der Waals surface area contributed by atoms with Gasteiger partial charge < -0.3 is 14.6 Å². The number of ether oxygens (including phenoxy) is 2. The monoisotopic (exact) mass is 330 g/mol. The molecule has 3 rings (SSSR count). The molecule has 0 bridgehead atoms. The number of pyridine rings is 1. The second kappa shape index (κ2) is 5.67. The summed E-state index contributed by atoms with van der Waals surface area (Å²) >= 11 is 0. The number of non-ortho nitro benzene ring substituents is 1. The van der Waals surface area contributed by atoms with E-state index in [1.807, 2.05) is 20.8 Å². The summed E-state index contributed by atoms with van der Waals surface area (Å²) in [5.74, 6) is 0.773. The van der Waals surface area contributed by atoms with Gasteiger partial charge in [0.2, 0.25) is 5.88 Å².